The van der Waals surface area contributed by atoms with Crippen molar-refractivity contribution >= 4 is 17.2 Å². The number of methoxy groups -OCH3 is 3. The van der Waals surface area contributed by atoms with E-state index < -0.39 is 0 Å². The molecule has 27 heavy (non-hydrogen) atoms. The molecule has 0 aliphatic heterocycles. The summed E-state index contributed by atoms with van der Waals surface area (Å²) in [5, 5.41) is 5.31. The molecule has 2 heterocycles. The second-order valence-corrected chi connectivity index (χ2v) is 6.35. The molecule has 0 aliphatic carbocycles. The van der Waals surface area contributed by atoms with Crippen molar-refractivity contribution in [1.82, 2.24) is 15.3 Å². The molecule has 3 aromatic rings. The van der Waals surface area contributed by atoms with Gasteiger partial charge in [0.15, 0.2) is 11.5 Å². The molecule has 0 bridgehead atoms. The van der Waals surface area contributed by atoms with E-state index in [0.717, 1.165) is 16.1 Å². The van der Waals surface area contributed by atoms with Gasteiger partial charge in [-0.2, -0.15) is 0 Å². The van der Waals surface area contributed by atoms with Crippen LogP contribution in [0.4, 0.5) is 0 Å². The Hall–Kier alpha value is -3.13. The number of thiazole rings is 1. The lowest BCUT2D eigenvalue weighted by Gasteiger charge is -2.08. The molecular weight excluding hydrogens is 366 g/mol. The molecule has 8 heteroatoms. The number of aromatic nitrogens is 2. The van der Waals surface area contributed by atoms with Crippen molar-refractivity contribution in [2.75, 3.05) is 21.3 Å². The maximum atomic E-state index is 12.4. The van der Waals surface area contributed by atoms with Crippen LogP contribution < -0.4 is 19.5 Å². The monoisotopic (exact) mass is 385 g/mol. The predicted octanol–water partition coefficient (Wildman–Crippen LogP) is 3.16. The summed E-state index contributed by atoms with van der Waals surface area (Å²) < 4.78 is 15.6. The van der Waals surface area contributed by atoms with Gasteiger partial charge in [-0.25, -0.2) is 9.97 Å². The van der Waals surface area contributed by atoms with Crippen LogP contribution in [0, 0.1) is 0 Å². The van der Waals surface area contributed by atoms with Crippen molar-refractivity contribution in [3.8, 4) is 28.0 Å². The number of hydrogen-bond donors (Lipinski definition) is 1. The largest absolute Gasteiger partial charge is 0.493 e. The Bertz CT molecular complexity index is 942. The van der Waals surface area contributed by atoms with Gasteiger partial charge in [0.25, 0.3) is 5.91 Å². The van der Waals surface area contributed by atoms with Crippen LogP contribution in [0.25, 0.3) is 10.6 Å². The van der Waals surface area contributed by atoms with Crippen molar-refractivity contribution in [3.63, 3.8) is 0 Å². The van der Waals surface area contributed by atoms with Gasteiger partial charge in [-0.05, 0) is 29.8 Å². The Kier molecular flexibility index (Phi) is 5.87. The van der Waals surface area contributed by atoms with Gasteiger partial charge in [0.1, 0.15) is 10.7 Å². The number of ether oxygens (including phenoxy) is 3. The number of nitrogens with zero attached hydrogens (tertiary/aromatic N) is 2. The fourth-order valence-corrected chi connectivity index (χ4v) is 3.22. The molecule has 0 saturated carbocycles. The highest BCUT2D eigenvalue weighted by Gasteiger charge is 2.14. The van der Waals surface area contributed by atoms with Gasteiger partial charge in [-0.3, -0.25) is 4.79 Å². The molecule has 0 aliphatic rings. The smallest absolute Gasteiger partial charge is 0.271 e. The van der Waals surface area contributed by atoms with Gasteiger partial charge >= 0.3 is 0 Å². The van der Waals surface area contributed by atoms with Crippen molar-refractivity contribution in [1.29, 1.82) is 0 Å². The Morgan fingerprint density at radius 3 is 2.63 bits per heavy atom. The molecule has 1 amide bonds. The molecule has 0 spiro atoms. The van der Waals surface area contributed by atoms with E-state index in [-0.39, 0.29) is 5.91 Å². The number of pyridine rings is 1. The number of hydrogen-bond acceptors (Lipinski definition) is 7. The first kappa shape index (κ1) is 18.7. The molecule has 0 unspecified atom stereocenters. The first-order valence-electron chi connectivity index (χ1n) is 8.09. The minimum absolute atomic E-state index is 0.242. The molecule has 2 aromatic heterocycles. The second kappa shape index (κ2) is 8.50. The van der Waals surface area contributed by atoms with E-state index in [1.54, 1.807) is 39.0 Å². The van der Waals surface area contributed by atoms with E-state index in [0.29, 0.717) is 29.6 Å². The number of rotatable bonds is 7. The van der Waals surface area contributed by atoms with E-state index >= 15 is 0 Å². The predicted molar refractivity (Wildman–Crippen MR) is 103 cm³/mol. The number of amides is 1. The van der Waals surface area contributed by atoms with Gasteiger partial charge < -0.3 is 19.5 Å². The quantitative estimate of drug-likeness (QED) is 0.673. The van der Waals surface area contributed by atoms with Gasteiger partial charge in [0.05, 0.1) is 21.3 Å². The van der Waals surface area contributed by atoms with Gasteiger partial charge in [0.2, 0.25) is 5.88 Å². The van der Waals surface area contributed by atoms with Gasteiger partial charge in [0, 0.05) is 29.8 Å². The average Bonchev–Trinajstić information content (AvgIpc) is 3.22. The molecule has 0 saturated heterocycles. The first-order chi connectivity index (χ1) is 13.1. The lowest BCUT2D eigenvalue weighted by Crippen LogP contribution is -2.23. The summed E-state index contributed by atoms with van der Waals surface area (Å²) in [7, 11) is 4.72. The SMILES string of the molecule is COc1cc(CNC(=O)c2csc(-c3ccc(OC)c(OC)c3)n2)ccn1. The molecule has 3 rings (SSSR count). The second-order valence-electron chi connectivity index (χ2n) is 5.50. The molecule has 7 nitrogen and oxygen atoms in total. The first-order valence-corrected chi connectivity index (χ1v) is 8.97. The molecule has 140 valence electrons. The average molecular weight is 385 g/mol. The summed E-state index contributed by atoms with van der Waals surface area (Å²) >= 11 is 1.39. The Morgan fingerprint density at radius 1 is 1.07 bits per heavy atom. The molecular formula is C19H19N3O4S. The summed E-state index contributed by atoms with van der Waals surface area (Å²) in [6, 6.07) is 9.12. The fraction of sp³-hybridized carbons (Fsp3) is 0.211. The standard InChI is InChI=1S/C19H19N3O4S/c1-24-15-5-4-13(9-16(15)25-2)19-22-14(11-27-19)18(23)21-10-12-6-7-20-17(8-12)26-3/h4-9,11H,10H2,1-3H3,(H,21,23). The van der Waals surface area contributed by atoms with Crippen molar-refractivity contribution in [3.05, 3.63) is 53.2 Å². The van der Waals surface area contributed by atoms with Crippen LogP contribution in [0.3, 0.4) is 0 Å². The normalized spacial score (nSPS) is 10.3. The Labute approximate surface area is 161 Å². The number of nitrogens with one attached hydrogen (secondary N) is 1. The molecule has 1 aromatic carbocycles. The highest BCUT2D eigenvalue weighted by Crippen LogP contribution is 2.33. The lowest BCUT2D eigenvalue weighted by atomic mass is 10.2. The summed E-state index contributed by atoms with van der Waals surface area (Å²) in [6.45, 7) is 0.362. The van der Waals surface area contributed by atoms with Gasteiger partial charge in [-0.15, -0.1) is 11.3 Å². The van der Waals surface area contributed by atoms with Crippen LogP contribution in [0.5, 0.6) is 17.4 Å². The summed E-state index contributed by atoms with van der Waals surface area (Å²) in [5.74, 6) is 1.52. The third-order valence-corrected chi connectivity index (χ3v) is 4.72. The molecule has 0 fully saturated rings. The molecule has 0 radical (unpaired) electrons. The maximum Gasteiger partial charge on any atom is 0.271 e. The number of carbonyl (C=O) groups excluding carboxylic acids is 1. The Balaban J connectivity index is 1.70. The summed E-state index contributed by atoms with van der Waals surface area (Å²) in [4.78, 5) is 20.9. The van der Waals surface area contributed by atoms with E-state index in [4.69, 9.17) is 14.2 Å². The molecule has 1 N–H and O–H groups in total. The van der Waals surface area contributed by atoms with Crippen LogP contribution in [-0.4, -0.2) is 37.2 Å². The van der Waals surface area contributed by atoms with Crippen molar-refractivity contribution < 1.29 is 19.0 Å². The third-order valence-electron chi connectivity index (χ3n) is 3.83. The van der Waals surface area contributed by atoms with Crippen LogP contribution in [0.15, 0.2) is 41.9 Å². The van der Waals surface area contributed by atoms with Crippen molar-refractivity contribution in [2.45, 2.75) is 6.54 Å². The summed E-state index contributed by atoms with van der Waals surface area (Å²) in [6.07, 6.45) is 1.64. The fourth-order valence-electron chi connectivity index (χ4n) is 2.42. The van der Waals surface area contributed by atoms with Crippen LogP contribution in [-0.2, 0) is 6.54 Å². The zero-order valence-corrected chi connectivity index (χ0v) is 16.0. The Morgan fingerprint density at radius 2 is 1.89 bits per heavy atom. The lowest BCUT2D eigenvalue weighted by molar-refractivity contribution is 0.0946. The van der Waals surface area contributed by atoms with Crippen molar-refractivity contribution in [2.24, 2.45) is 0 Å². The topological polar surface area (TPSA) is 82.6 Å². The van der Waals surface area contributed by atoms with E-state index in [2.05, 4.69) is 15.3 Å². The van der Waals surface area contributed by atoms with Crippen LogP contribution in [0.1, 0.15) is 16.1 Å². The highest BCUT2D eigenvalue weighted by atomic mass is 32.1. The van der Waals surface area contributed by atoms with Crippen LogP contribution >= 0.6 is 11.3 Å². The van der Waals surface area contributed by atoms with Crippen LogP contribution in [0.2, 0.25) is 0 Å². The third kappa shape index (κ3) is 4.35. The van der Waals surface area contributed by atoms with E-state index in [1.165, 1.54) is 11.3 Å². The minimum atomic E-state index is -0.242. The highest BCUT2D eigenvalue weighted by molar-refractivity contribution is 7.13. The van der Waals surface area contributed by atoms with E-state index in [1.807, 2.05) is 24.3 Å². The zero-order chi connectivity index (χ0) is 19.2. The zero-order valence-electron chi connectivity index (χ0n) is 15.2. The number of carbonyl (C=O) groups is 1. The van der Waals surface area contributed by atoms with E-state index in [9.17, 15) is 4.79 Å². The summed E-state index contributed by atoms with van der Waals surface area (Å²) in [5.41, 5.74) is 2.12. The minimum Gasteiger partial charge on any atom is -0.493 e. The van der Waals surface area contributed by atoms with Gasteiger partial charge in [-0.1, -0.05) is 0 Å². The number of benzene rings is 1. The molecule has 0 atom stereocenters. The maximum absolute atomic E-state index is 12.4.